The number of carbonyl (C=O) groups is 1. The van der Waals surface area contributed by atoms with Gasteiger partial charge in [-0.1, -0.05) is 18.2 Å². The minimum atomic E-state index is -0.423. The fourth-order valence-corrected chi connectivity index (χ4v) is 1.69. The lowest BCUT2D eigenvalue weighted by Crippen LogP contribution is -2.45. The maximum Gasteiger partial charge on any atom is 0.253 e. The molecule has 2 aromatic rings. The summed E-state index contributed by atoms with van der Waals surface area (Å²) >= 11 is 0. The minimum Gasteiger partial charge on any atom is -0.350 e. The number of amides is 1. The van der Waals surface area contributed by atoms with Crippen molar-refractivity contribution < 1.29 is 4.79 Å². The molecule has 0 bridgehead atoms. The first-order valence-electron chi connectivity index (χ1n) is 5.88. The number of benzene rings is 1. The lowest BCUT2D eigenvalue weighted by atomic mass is 10.1. The zero-order chi connectivity index (χ0) is 13.2. The molecule has 3 N–H and O–H groups in total. The third-order valence-corrected chi connectivity index (χ3v) is 2.58. The number of nitrogens with zero attached hydrogens (tertiary/aromatic N) is 1. The van der Waals surface area contributed by atoms with E-state index in [1.165, 1.54) is 0 Å². The Hall–Kier alpha value is -1.94. The van der Waals surface area contributed by atoms with Crippen LogP contribution in [0.4, 0.5) is 0 Å². The van der Waals surface area contributed by atoms with Crippen LogP contribution >= 0.6 is 0 Å². The first-order valence-corrected chi connectivity index (χ1v) is 5.88. The summed E-state index contributed by atoms with van der Waals surface area (Å²) in [7, 11) is 0. The topological polar surface area (TPSA) is 68.0 Å². The van der Waals surface area contributed by atoms with Crippen LogP contribution in [0.5, 0.6) is 0 Å². The highest BCUT2D eigenvalue weighted by Crippen LogP contribution is 2.15. The molecule has 94 valence electrons. The van der Waals surface area contributed by atoms with Gasteiger partial charge in [0.05, 0.1) is 11.1 Å². The molecule has 0 atom stereocenters. The summed E-state index contributed by atoms with van der Waals surface area (Å²) in [5.41, 5.74) is 6.72. The van der Waals surface area contributed by atoms with E-state index in [0.717, 1.165) is 5.39 Å². The van der Waals surface area contributed by atoms with Crippen molar-refractivity contribution in [3.8, 4) is 0 Å². The molecule has 1 heterocycles. The van der Waals surface area contributed by atoms with Crippen LogP contribution in [0.25, 0.3) is 10.9 Å². The maximum atomic E-state index is 12.1. The van der Waals surface area contributed by atoms with Gasteiger partial charge in [0.2, 0.25) is 0 Å². The Morgan fingerprint density at radius 2 is 2.06 bits per heavy atom. The molecule has 0 aliphatic heterocycles. The third kappa shape index (κ3) is 2.84. The van der Waals surface area contributed by atoms with Crippen LogP contribution < -0.4 is 11.1 Å². The highest BCUT2D eigenvalue weighted by Gasteiger charge is 2.15. The van der Waals surface area contributed by atoms with E-state index in [1.807, 2.05) is 38.1 Å². The maximum absolute atomic E-state index is 12.1. The van der Waals surface area contributed by atoms with Gasteiger partial charge in [0, 0.05) is 23.7 Å². The van der Waals surface area contributed by atoms with E-state index < -0.39 is 5.54 Å². The number of nitrogens with two attached hydrogens (primary N) is 1. The summed E-state index contributed by atoms with van der Waals surface area (Å²) < 4.78 is 0. The quantitative estimate of drug-likeness (QED) is 0.862. The largest absolute Gasteiger partial charge is 0.350 e. The van der Waals surface area contributed by atoms with E-state index in [4.69, 9.17) is 5.73 Å². The van der Waals surface area contributed by atoms with Gasteiger partial charge in [-0.3, -0.25) is 9.78 Å². The van der Waals surface area contributed by atoms with Gasteiger partial charge in [-0.15, -0.1) is 0 Å². The van der Waals surface area contributed by atoms with Gasteiger partial charge in [-0.2, -0.15) is 0 Å². The van der Waals surface area contributed by atoms with Gasteiger partial charge in [0.15, 0.2) is 0 Å². The van der Waals surface area contributed by atoms with Gasteiger partial charge < -0.3 is 11.1 Å². The van der Waals surface area contributed by atoms with Gasteiger partial charge in [0.1, 0.15) is 0 Å². The Balaban J connectivity index is 2.28. The van der Waals surface area contributed by atoms with E-state index in [0.29, 0.717) is 17.6 Å². The third-order valence-electron chi connectivity index (χ3n) is 2.58. The summed E-state index contributed by atoms with van der Waals surface area (Å²) in [6.45, 7) is 4.16. The van der Waals surface area contributed by atoms with Crippen LogP contribution in [-0.2, 0) is 0 Å². The van der Waals surface area contributed by atoms with Crippen molar-refractivity contribution in [3.05, 3.63) is 42.1 Å². The molecule has 4 heteroatoms. The molecule has 2 rings (SSSR count). The standard InChI is InChI=1S/C14H17N3O/c1-14(2,15)9-17-13(18)11-7-3-5-10-6-4-8-16-12(10)11/h3-8H,9,15H2,1-2H3,(H,17,18). The molecule has 1 aromatic carbocycles. The van der Waals surface area contributed by atoms with Gasteiger partial charge in [-0.25, -0.2) is 0 Å². The number of fused-ring (bicyclic) bond motifs is 1. The molecule has 0 aliphatic carbocycles. The molecule has 0 saturated carbocycles. The van der Waals surface area contributed by atoms with Crippen LogP contribution in [0.3, 0.4) is 0 Å². The fraction of sp³-hybridized carbons (Fsp3) is 0.286. The molecule has 0 saturated heterocycles. The second kappa shape index (κ2) is 4.74. The predicted molar refractivity (Wildman–Crippen MR) is 72.3 cm³/mol. The number of carbonyl (C=O) groups excluding carboxylic acids is 1. The lowest BCUT2D eigenvalue weighted by molar-refractivity contribution is 0.0947. The van der Waals surface area contributed by atoms with Crippen LogP contribution in [0.1, 0.15) is 24.2 Å². The molecule has 0 radical (unpaired) electrons. The van der Waals surface area contributed by atoms with Crippen molar-refractivity contribution in [3.63, 3.8) is 0 Å². The van der Waals surface area contributed by atoms with Gasteiger partial charge >= 0.3 is 0 Å². The van der Waals surface area contributed by atoms with Crippen molar-refractivity contribution in [2.45, 2.75) is 19.4 Å². The fourth-order valence-electron chi connectivity index (χ4n) is 1.69. The van der Waals surface area contributed by atoms with Crippen molar-refractivity contribution >= 4 is 16.8 Å². The monoisotopic (exact) mass is 243 g/mol. The Bertz CT molecular complexity index is 567. The molecule has 0 aliphatic rings. The van der Waals surface area contributed by atoms with Crippen LogP contribution in [0.2, 0.25) is 0 Å². The minimum absolute atomic E-state index is 0.141. The molecule has 18 heavy (non-hydrogen) atoms. The first-order chi connectivity index (χ1) is 8.47. The number of rotatable bonds is 3. The molecule has 0 fully saturated rings. The van der Waals surface area contributed by atoms with Crippen LogP contribution in [0, 0.1) is 0 Å². The summed E-state index contributed by atoms with van der Waals surface area (Å²) in [5, 5.41) is 3.78. The first kappa shape index (κ1) is 12.5. The summed E-state index contributed by atoms with van der Waals surface area (Å²) in [6, 6.07) is 9.35. The van der Waals surface area contributed by atoms with E-state index in [2.05, 4.69) is 10.3 Å². The summed E-state index contributed by atoms with van der Waals surface area (Å²) in [5.74, 6) is -0.141. The average molecular weight is 243 g/mol. The highest BCUT2D eigenvalue weighted by atomic mass is 16.1. The highest BCUT2D eigenvalue weighted by molar-refractivity contribution is 6.05. The number of para-hydroxylation sites is 1. The second-order valence-corrected chi connectivity index (χ2v) is 5.05. The van der Waals surface area contributed by atoms with Crippen molar-refractivity contribution in [2.75, 3.05) is 6.54 Å². The number of aromatic nitrogens is 1. The van der Waals surface area contributed by atoms with E-state index in [-0.39, 0.29) is 5.91 Å². The van der Waals surface area contributed by atoms with Crippen LogP contribution in [-0.4, -0.2) is 23.0 Å². The SMILES string of the molecule is CC(C)(N)CNC(=O)c1cccc2cccnc12. The molecule has 4 nitrogen and oxygen atoms in total. The number of nitrogens with one attached hydrogen (secondary N) is 1. The van der Waals surface area contributed by atoms with E-state index in [9.17, 15) is 4.79 Å². The Labute approximate surface area is 106 Å². The van der Waals surface area contributed by atoms with Gasteiger partial charge in [-0.05, 0) is 26.0 Å². The van der Waals surface area contributed by atoms with Crippen molar-refractivity contribution in [1.82, 2.24) is 10.3 Å². The molecular formula is C14H17N3O. The second-order valence-electron chi connectivity index (χ2n) is 5.05. The summed E-state index contributed by atoms with van der Waals surface area (Å²) in [6.07, 6.45) is 1.69. The Kier molecular flexibility index (Phi) is 3.30. The average Bonchev–Trinajstić information content (AvgIpc) is 2.34. The summed E-state index contributed by atoms with van der Waals surface area (Å²) in [4.78, 5) is 16.4. The zero-order valence-electron chi connectivity index (χ0n) is 10.6. The molecular weight excluding hydrogens is 226 g/mol. The molecule has 0 spiro atoms. The number of pyridine rings is 1. The molecule has 0 unspecified atom stereocenters. The zero-order valence-corrected chi connectivity index (χ0v) is 10.6. The van der Waals surface area contributed by atoms with Gasteiger partial charge in [0.25, 0.3) is 5.91 Å². The predicted octanol–water partition coefficient (Wildman–Crippen LogP) is 1.70. The van der Waals surface area contributed by atoms with Crippen molar-refractivity contribution in [2.24, 2.45) is 5.73 Å². The lowest BCUT2D eigenvalue weighted by Gasteiger charge is -2.19. The van der Waals surface area contributed by atoms with E-state index >= 15 is 0 Å². The smallest absolute Gasteiger partial charge is 0.253 e. The normalized spacial score (nSPS) is 11.5. The number of hydrogen-bond acceptors (Lipinski definition) is 3. The van der Waals surface area contributed by atoms with E-state index in [1.54, 1.807) is 12.3 Å². The molecule has 1 amide bonds. The van der Waals surface area contributed by atoms with Crippen LogP contribution in [0.15, 0.2) is 36.5 Å². The molecule has 1 aromatic heterocycles. The van der Waals surface area contributed by atoms with Crippen molar-refractivity contribution in [1.29, 1.82) is 0 Å². The number of hydrogen-bond donors (Lipinski definition) is 2. The Morgan fingerprint density at radius 3 is 2.78 bits per heavy atom. The Morgan fingerprint density at radius 1 is 1.33 bits per heavy atom.